The van der Waals surface area contributed by atoms with Crippen molar-refractivity contribution in [2.75, 3.05) is 126 Å². The lowest BCUT2D eigenvalue weighted by Crippen LogP contribution is -2.15. The van der Waals surface area contributed by atoms with Gasteiger partial charge in [-0.3, -0.25) is 4.79 Å². The molecule has 0 aliphatic carbocycles. The summed E-state index contributed by atoms with van der Waals surface area (Å²) in [5, 5.41) is 0. The smallest absolute Gasteiger partial charge is 0.305 e. The number of unbranched alkanes of at least 4 members (excludes halogenated alkanes) is 10. The lowest BCUT2D eigenvalue weighted by Gasteiger charge is -2.09. The number of hydrogen-bond acceptors (Lipinski definition) is 11. The van der Waals surface area contributed by atoms with Crippen molar-refractivity contribution in [3.8, 4) is 0 Å². The van der Waals surface area contributed by atoms with Crippen LogP contribution in [0.5, 0.6) is 0 Å². The van der Waals surface area contributed by atoms with Crippen LogP contribution in [0.15, 0.2) is 0 Å². The van der Waals surface area contributed by atoms with Crippen LogP contribution in [-0.2, 0) is 52.2 Å². The first kappa shape index (κ1) is 45.1. The van der Waals surface area contributed by atoms with Gasteiger partial charge >= 0.3 is 5.97 Å². The highest BCUT2D eigenvalue weighted by Crippen LogP contribution is 2.10. The van der Waals surface area contributed by atoms with Crippen LogP contribution in [0.25, 0.3) is 0 Å². The maximum absolute atomic E-state index is 11.8. The topological polar surface area (TPSA) is 109 Å². The van der Waals surface area contributed by atoms with E-state index in [9.17, 15) is 4.79 Å². The summed E-state index contributed by atoms with van der Waals surface area (Å²) < 4.78 is 54.5. The van der Waals surface area contributed by atoms with Crippen molar-refractivity contribution in [1.29, 1.82) is 0 Å². The lowest BCUT2D eigenvalue weighted by atomic mass is 10.1. The minimum absolute atomic E-state index is 0.133. The SMILES string of the molecule is CCCCCCCCCCCC(=O)OCCOCCOCCOCCOCCOCCOCCOCCOCCOCCCCC. The Labute approximate surface area is 280 Å². The molecular formula is C35H70O11. The van der Waals surface area contributed by atoms with E-state index < -0.39 is 0 Å². The van der Waals surface area contributed by atoms with Gasteiger partial charge in [0.2, 0.25) is 0 Å². The molecule has 0 unspecified atom stereocenters. The van der Waals surface area contributed by atoms with Gasteiger partial charge in [-0.1, -0.05) is 78.1 Å². The van der Waals surface area contributed by atoms with Gasteiger partial charge in [0.25, 0.3) is 0 Å². The fourth-order valence-electron chi connectivity index (χ4n) is 4.18. The van der Waals surface area contributed by atoms with Gasteiger partial charge in [0.1, 0.15) is 6.61 Å². The zero-order valence-corrected chi connectivity index (χ0v) is 29.6. The number of carbonyl (C=O) groups excluding carboxylic acids is 1. The Morgan fingerprint density at radius 2 is 0.565 bits per heavy atom. The minimum Gasteiger partial charge on any atom is -0.463 e. The van der Waals surface area contributed by atoms with E-state index in [0.29, 0.717) is 125 Å². The molecule has 11 heteroatoms. The first-order valence-electron chi connectivity index (χ1n) is 18.2. The molecule has 0 bridgehead atoms. The third kappa shape index (κ3) is 41.1. The van der Waals surface area contributed by atoms with Crippen LogP contribution in [0.1, 0.15) is 97.3 Å². The molecule has 0 N–H and O–H groups in total. The molecule has 0 radical (unpaired) electrons. The van der Waals surface area contributed by atoms with E-state index in [0.717, 1.165) is 25.9 Å². The molecule has 0 heterocycles. The summed E-state index contributed by atoms with van der Waals surface area (Å²) >= 11 is 0. The molecule has 0 aromatic heterocycles. The number of carbonyl (C=O) groups is 1. The molecule has 0 fully saturated rings. The summed E-state index contributed by atoms with van der Waals surface area (Å²) in [6, 6.07) is 0. The predicted molar refractivity (Wildman–Crippen MR) is 180 cm³/mol. The van der Waals surface area contributed by atoms with E-state index in [1.54, 1.807) is 0 Å². The summed E-state index contributed by atoms with van der Waals surface area (Å²) in [7, 11) is 0. The first-order valence-corrected chi connectivity index (χ1v) is 18.2. The van der Waals surface area contributed by atoms with Gasteiger partial charge in [-0.05, 0) is 12.8 Å². The molecule has 276 valence electrons. The molecule has 0 amide bonds. The second-order valence-electron chi connectivity index (χ2n) is 11.0. The van der Waals surface area contributed by atoms with E-state index in [4.69, 9.17) is 47.4 Å². The molecular weight excluding hydrogens is 596 g/mol. The first-order chi connectivity index (χ1) is 22.8. The summed E-state index contributed by atoms with van der Waals surface area (Å²) in [6.07, 6.45) is 15.2. The van der Waals surface area contributed by atoms with E-state index in [1.165, 1.54) is 57.8 Å². The molecule has 0 rings (SSSR count). The van der Waals surface area contributed by atoms with Crippen molar-refractivity contribution < 1.29 is 52.2 Å². The molecule has 0 aromatic rings. The van der Waals surface area contributed by atoms with Crippen LogP contribution in [0.2, 0.25) is 0 Å². The Morgan fingerprint density at radius 3 is 0.913 bits per heavy atom. The van der Waals surface area contributed by atoms with Crippen molar-refractivity contribution in [2.24, 2.45) is 0 Å². The quantitative estimate of drug-likeness (QED) is 0.0584. The Kier molecular flexibility index (Phi) is 41.3. The number of esters is 1. The molecule has 0 saturated heterocycles. The van der Waals surface area contributed by atoms with Crippen LogP contribution < -0.4 is 0 Å². The highest BCUT2D eigenvalue weighted by molar-refractivity contribution is 5.69. The second kappa shape index (κ2) is 42.1. The Bertz CT molecular complexity index is 569. The fraction of sp³-hybridized carbons (Fsp3) is 0.971. The van der Waals surface area contributed by atoms with Gasteiger partial charge < -0.3 is 47.4 Å². The standard InChI is InChI=1S/C35H70O11/c1-3-5-7-8-9-10-11-12-13-15-35(36)46-34-33-45-32-31-44-30-29-43-28-27-42-26-25-41-24-23-40-22-21-39-20-19-38-18-17-37-16-14-6-4-2/h3-34H2,1-2H3. The van der Waals surface area contributed by atoms with Gasteiger partial charge in [-0.15, -0.1) is 0 Å². The second-order valence-corrected chi connectivity index (χ2v) is 11.0. The Morgan fingerprint density at radius 1 is 0.304 bits per heavy atom. The highest BCUT2D eigenvalue weighted by atomic mass is 16.6. The number of ether oxygens (including phenoxy) is 10. The molecule has 0 aromatic carbocycles. The monoisotopic (exact) mass is 666 g/mol. The van der Waals surface area contributed by atoms with Crippen molar-refractivity contribution in [2.45, 2.75) is 97.3 Å². The van der Waals surface area contributed by atoms with Gasteiger partial charge in [-0.2, -0.15) is 0 Å². The minimum atomic E-state index is -0.133. The van der Waals surface area contributed by atoms with Gasteiger partial charge in [0, 0.05) is 13.0 Å². The molecule has 0 aliphatic rings. The molecule has 0 saturated carbocycles. The molecule has 0 aliphatic heterocycles. The van der Waals surface area contributed by atoms with E-state index in [-0.39, 0.29) is 5.97 Å². The average Bonchev–Trinajstić information content (AvgIpc) is 3.06. The lowest BCUT2D eigenvalue weighted by molar-refractivity contribution is -0.145. The molecule has 11 nitrogen and oxygen atoms in total. The predicted octanol–water partition coefficient (Wildman–Crippen LogP) is 5.79. The average molecular weight is 667 g/mol. The fourth-order valence-corrected chi connectivity index (χ4v) is 4.18. The summed E-state index contributed by atoms with van der Waals surface area (Å²) in [5.41, 5.74) is 0. The van der Waals surface area contributed by atoms with Crippen molar-refractivity contribution >= 4 is 5.97 Å². The zero-order chi connectivity index (χ0) is 33.3. The van der Waals surface area contributed by atoms with E-state index >= 15 is 0 Å². The van der Waals surface area contributed by atoms with Crippen LogP contribution in [0, 0.1) is 0 Å². The van der Waals surface area contributed by atoms with Crippen molar-refractivity contribution in [3.05, 3.63) is 0 Å². The Hall–Kier alpha value is -0.890. The van der Waals surface area contributed by atoms with Crippen LogP contribution in [-0.4, -0.2) is 132 Å². The Balaban J connectivity index is 3.10. The third-order valence-electron chi connectivity index (χ3n) is 6.84. The number of rotatable bonds is 41. The van der Waals surface area contributed by atoms with Crippen LogP contribution in [0.3, 0.4) is 0 Å². The summed E-state index contributed by atoms with van der Waals surface area (Å²) in [6.45, 7) is 14.4. The summed E-state index contributed by atoms with van der Waals surface area (Å²) in [5.74, 6) is -0.133. The van der Waals surface area contributed by atoms with E-state index in [1.807, 2.05) is 0 Å². The largest absolute Gasteiger partial charge is 0.463 e. The highest BCUT2D eigenvalue weighted by Gasteiger charge is 2.03. The third-order valence-corrected chi connectivity index (χ3v) is 6.84. The maximum Gasteiger partial charge on any atom is 0.305 e. The molecule has 0 atom stereocenters. The molecule has 0 spiro atoms. The normalized spacial score (nSPS) is 11.4. The zero-order valence-electron chi connectivity index (χ0n) is 29.6. The molecule has 46 heavy (non-hydrogen) atoms. The van der Waals surface area contributed by atoms with Crippen LogP contribution in [0.4, 0.5) is 0 Å². The van der Waals surface area contributed by atoms with Crippen molar-refractivity contribution in [3.63, 3.8) is 0 Å². The van der Waals surface area contributed by atoms with Gasteiger partial charge in [0.05, 0.1) is 112 Å². The number of hydrogen-bond donors (Lipinski definition) is 0. The summed E-state index contributed by atoms with van der Waals surface area (Å²) in [4.78, 5) is 11.8. The van der Waals surface area contributed by atoms with Crippen molar-refractivity contribution in [1.82, 2.24) is 0 Å². The van der Waals surface area contributed by atoms with Gasteiger partial charge in [-0.25, -0.2) is 0 Å². The van der Waals surface area contributed by atoms with Gasteiger partial charge in [0.15, 0.2) is 0 Å². The maximum atomic E-state index is 11.8. The van der Waals surface area contributed by atoms with E-state index in [2.05, 4.69) is 13.8 Å². The van der Waals surface area contributed by atoms with Crippen LogP contribution >= 0.6 is 0 Å².